The molecule has 1 atom stereocenters. The summed E-state index contributed by atoms with van der Waals surface area (Å²) in [6.45, 7) is 2.11. The second-order valence-electron chi connectivity index (χ2n) is 5.18. The Kier molecular flexibility index (Phi) is 2.77. The molecule has 0 radical (unpaired) electrons. The summed E-state index contributed by atoms with van der Waals surface area (Å²) >= 11 is 0. The van der Waals surface area contributed by atoms with Gasteiger partial charge in [0.05, 0.1) is 7.05 Å². The molecule has 1 heteroatoms. The fourth-order valence-corrected chi connectivity index (χ4v) is 2.77. The summed E-state index contributed by atoms with van der Waals surface area (Å²) in [6.07, 6.45) is 4.52. The molecule has 18 heavy (non-hydrogen) atoms. The summed E-state index contributed by atoms with van der Waals surface area (Å²) < 4.78 is 0.955. The van der Waals surface area contributed by atoms with E-state index in [-0.39, 0.29) is 0 Å². The molecule has 3 rings (SSSR count). The first-order valence-electron chi connectivity index (χ1n) is 6.43. The first-order chi connectivity index (χ1) is 8.78. The van der Waals surface area contributed by atoms with Crippen molar-refractivity contribution in [2.45, 2.75) is 6.54 Å². The third-order valence-corrected chi connectivity index (χ3v) is 3.70. The van der Waals surface area contributed by atoms with Crippen molar-refractivity contribution in [1.29, 1.82) is 0 Å². The van der Waals surface area contributed by atoms with E-state index in [1.165, 1.54) is 16.8 Å². The molecule has 0 spiro atoms. The Bertz CT molecular complexity index is 571. The minimum Gasteiger partial charge on any atom is -0.286 e. The van der Waals surface area contributed by atoms with Gasteiger partial charge in [0, 0.05) is 11.1 Å². The lowest BCUT2D eigenvalue weighted by Crippen LogP contribution is -2.45. The predicted molar refractivity (Wildman–Crippen MR) is 78.2 cm³/mol. The number of nitrogens with zero attached hydrogens (tertiary/aromatic N) is 1. The summed E-state index contributed by atoms with van der Waals surface area (Å²) in [5, 5.41) is 0. The summed E-state index contributed by atoms with van der Waals surface area (Å²) in [4.78, 5) is 0. The van der Waals surface area contributed by atoms with Crippen molar-refractivity contribution in [3.8, 4) is 0 Å². The summed E-state index contributed by atoms with van der Waals surface area (Å²) in [5.74, 6) is 0. The molecule has 90 valence electrons. The van der Waals surface area contributed by atoms with Gasteiger partial charge >= 0.3 is 0 Å². The van der Waals surface area contributed by atoms with E-state index in [1.54, 1.807) is 0 Å². The third-order valence-electron chi connectivity index (χ3n) is 3.70. The molecule has 0 saturated carbocycles. The number of rotatable bonds is 2. The van der Waals surface area contributed by atoms with Gasteiger partial charge in [-0.05, 0) is 24.3 Å². The molecule has 0 fully saturated rings. The van der Waals surface area contributed by atoms with E-state index in [0.29, 0.717) is 0 Å². The molecule has 0 amide bonds. The molecule has 0 bridgehead atoms. The van der Waals surface area contributed by atoms with E-state index in [9.17, 15) is 0 Å². The number of likely N-dealkylation sites (N-methyl/N-ethyl adjacent to an activating group) is 1. The van der Waals surface area contributed by atoms with Crippen LogP contribution in [-0.4, -0.2) is 13.6 Å². The van der Waals surface area contributed by atoms with Crippen molar-refractivity contribution in [3.05, 3.63) is 71.8 Å². The van der Waals surface area contributed by atoms with Gasteiger partial charge in [-0.2, -0.15) is 0 Å². The van der Waals surface area contributed by atoms with Gasteiger partial charge in [-0.15, -0.1) is 0 Å². The molecular formula is C17H18N+. The van der Waals surface area contributed by atoms with E-state index >= 15 is 0 Å². The van der Waals surface area contributed by atoms with Crippen LogP contribution in [0.15, 0.2) is 60.7 Å². The first-order valence-corrected chi connectivity index (χ1v) is 6.43. The highest BCUT2D eigenvalue weighted by Gasteiger charge is 2.28. The Labute approximate surface area is 109 Å². The average Bonchev–Trinajstić information content (AvgIpc) is 2.40. The van der Waals surface area contributed by atoms with Gasteiger partial charge in [-0.25, -0.2) is 0 Å². The number of hydrogen-bond acceptors (Lipinski definition) is 0. The van der Waals surface area contributed by atoms with Crippen LogP contribution in [0.3, 0.4) is 0 Å². The summed E-state index contributed by atoms with van der Waals surface area (Å²) in [5.41, 5.74) is 4.16. The number of para-hydroxylation sites is 1. The SMILES string of the molecule is C[N+]1(Cc2ccccc2)CC=Cc2ccccc21. The van der Waals surface area contributed by atoms with Gasteiger partial charge in [0.25, 0.3) is 0 Å². The standard InChI is InChI=1S/C17H18N/c1-18(14-15-8-3-2-4-9-15)13-7-11-16-10-5-6-12-17(16)18/h2-12H,13-14H2,1H3/q+1. The quantitative estimate of drug-likeness (QED) is 0.695. The van der Waals surface area contributed by atoms with E-state index < -0.39 is 0 Å². The van der Waals surface area contributed by atoms with Gasteiger partial charge in [0.2, 0.25) is 0 Å². The van der Waals surface area contributed by atoms with Gasteiger partial charge in [0.15, 0.2) is 0 Å². The van der Waals surface area contributed by atoms with Crippen molar-refractivity contribution in [2.75, 3.05) is 13.6 Å². The zero-order chi connectivity index (χ0) is 12.4. The van der Waals surface area contributed by atoms with Crippen LogP contribution in [0.2, 0.25) is 0 Å². The van der Waals surface area contributed by atoms with E-state index in [2.05, 4.69) is 73.8 Å². The normalized spacial score (nSPS) is 21.6. The lowest BCUT2D eigenvalue weighted by Gasteiger charge is -2.36. The summed E-state index contributed by atoms with van der Waals surface area (Å²) in [7, 11) is 2.31. The molecule has 2 aromatic rings. The van der Waals surface area contributed by atoms with Crippen molar-refractivity contribution < 1.29 is 0 Å². The van der Waals surface area contributed by atoms with Crippen LogP contribution in [0.4, 0.5) is 5.69 Å². The van der Waals surface area contributed by atoms with Crippen LogP contribution in [0.5, 0.6) is 0 Å². The van der Waals surface area contributed by atoms with Crippen LogP contribution in [-0.2, 0) is 6.54 Å². The molecule has 1 unspecified atom stereocenters. The first kappa shape index (κ1) is 11.2. The highest BCUT2D eigenvalue weighted by atomic mass is 15.3. The van der Waals surface area contributed by atoms with Crippen LogP contribution in [0, 0.1) is 0 Å². The van der Waals surface area contributed by atoms with E-state index in [4.69, 9.17) is 0 Å². The topological polar surface area (TPSA) is 0 Å². The van der Waals surface area contributed by atoms with Gasteiger partial charge in [-0.1, -0.05) is 42.5 Å². The molecular weight excluding hydrogens is 218 g/mol. The molecule has 1 nitrogen and oxygen atoms in total. The second kappa shape index (κ2) is 4.43. The Hall–Kier alpha value is -1.86. The Balaban J connectivity index is 1.99. The molecule has 1 heterocycles. The van der Waals surface area contributed by atoms with Crippen LogP contribution < -0.4 is 4.48 Å². The van der Waals surface area contributed by atoms with Gasteiger partial charge < -0.3 is 0 Å². The highest BCUT2D eigenvalue weighted by molar-refractivity contribution is 5.68. The smallest absolute Gasteiger partial charge is 0.140 e. The Morgan fingerprint density at radius 2 is 1.67 bits per heavy atom. The zero-order valence-corrected chi connectivity index (χ0v) is 10.7. The Morgan fingerprint density at radius 3 is 2.50 bits per heavy atom. The summed E-state index contributed by atoms with van der Waals surface area (Å²) in [6, 6.07) is 19.4. The highest BCUT2D eigenvalue weighted by Crippen LogP contribution is 2.32. The molecule has 0 aliphatic carbocycles. The lowest BCUT2D eigenvalue weighted by atomic mass is 10.0. The number of fused-ring (bicyclic) bond motifs is 1. The molecule has 0 aromatic heterocycles. The average molecular weight is 236 g/mol. The third kappa shape index (κ3) is 1.98. The fraction of sp³-hybridized carbons (Fsp3) is 0.176. The van der Waals surface area contributed by atoms with E-state index in [1.807, 2.05) is 0 Å². The van der Waals surface area contributed by atoms with Crippen molar-refractivity contribution in [2.24, 2.45) is 0 Å². The molecule has 0 N–H and O–H groups in total. The molecule has 1 aliphatic heterocycles. The monoisotopic (exact) mass is 236 g/mol. The minimum atomic E-state index is 0.955. The maximum Gasteiger partial charge on any atom is 0.140 e. The lowest BCUT2D eigenvalue weighted by molar-refractivity contribution is 0.352. The van der Waals surface area contributed by atoms with Crippen LogP contribution in [0.1, 0.15) is 11.1 Å². The second-order valence-corrected chi connectivity index (χ2v) is 5.18. The van der Waals surface area contributed by atoms with Crippen molar-refractivity contribution in [1.82, 2.24) is 4.48 Å². The van der Waals surface area contributed by atoms with Crippen LogP contribution >= 0.6 is 0 Å². The molecule has 0 saturated heterocycles. The molecule has 1 aliphatic rings. The maximum atomic E-state index is 2.31. The zero-order valence-electron chi connectivity index (χ0n) is 10.7. The van der Waals surface area contributed by atoms with Gasteiger partial charge in [-0.3, -0.25) is 4.48 Å². The number of benzene rings is 2. The number of quaternary nitrogens is 1. The maximum absolute atomic E-state index is 2.31. The van der Waals surface area contributed by atoms with Crippen molar-refractivity contribution >= 4 is 11.8 Å². The fourth-order valence-electron chi connectivity index (χ4n) is 2.77. The molecule has 2 aromatic carbocycles. The predicted octanol–water partition coefficient (Wildman–Crippen LogP) is 3.85. The van der Waals surface area contributed by atoms with Crippen molar-refractivity contribution in [3.63, 3.8) is 0 Å². The van der Waals surface area contributed by atoms with Crippen LogP contribution in [0.25, 0.3) is 6.08 Å². The number of hydrogen-bond donors (Lipinski definition) is 0. The van der Waals surface area contributed by atoms with E-state index in [0.717, 1.165) is 17.6 Å². The Morgan fingerprint density at radius 1 is 0.944 bits per heavy atom. The minimum absolute atomic E-state index is 0.955. The largest absolute Gasteiger partial charge is 0.286 e. The van der Waals surface area contributed by atoms with Gasteiger partial charge in [0.1, 0.15) is 18.8 Å².